The number of hydrogen-bond acceptors (Lipinski definition) is 4. The molecule has 30 heavy (non-hydrogen) atoms. The fraction of sp³-hybridized carbons (Fsp3) is 0.273. The lowest BCUT2D eigenvalue weighted by molar-refractivity contribution is -0.134. The van der Waals surface area contributed by atoms with Gasteiger partial charge in [-0.1, -0.05) is 48.5 Å². The molecular formula is C22H24N4O4. The van der Waals surface area contributed by atoms with Crippen molar-refractivity contribution in [1.82, 2.24) is 20.9 Å². The topological polar surface area (TPSA) is 108 Å². The number of urea groups is 1. The number of hydrogen-bond donors (Lipinski definition) is 3. The molecule has 1 atom stereocenters. The monoisotopic (exact) mass is 408 g/mol. The number of nitrogens with zero attached hydrogens (tertiary/aromatic N) is 1. The van der Waals surface area contributed by atoms with E-state index in [1.807, 2.05) is 38.1 Å². The Bertz CT molecular complexity index is 1010. The van der Waals surface area contributed by atoms with Gasteiger partial charge in [-0.3, -0.25) is 19.3 Å². The van der Waals surface area contributed by atoms with Gasteiger partial charge in [0.2, 0.25) is 11.8 Å². The minimum Gasteiger partial charge on any atom is -0.358 e. The van der Waals surface area contributed by atoms with Crippen LogP contribution in [-0.4, -0.2) is 48.8 Å². The van der Waals surface area contributed by atoms with Crippen LogP contribution in [0.4, 0.5) is 4.79 Å². The average Bonchev–Trinajstić information content (AvgIpc) is 3.00. The summed E-state index contributed by atoms with van der Waals surface area (Å²) >= 11 is 0. The van der Waals surface area contributed by atoms with E-state index in [-0.39, 0.29) is 12.5 Å². The van der Waals surface area contributed by atoms with Gasteiger partial charge in [-0.2, -0.15) is 0 Å². The molecule has 3 rings (SSSR count). The summed E-state index contributed by atoms with van der Waals surface area (Å²) in [6, 6.07) is 13.8. The van der Waals surface area contributed by atoms with Crippen LogP contribution >= 0.6 is 0 Å². The van der Waals surface area contributed by atoms with Crippen molar-refractivity contribution in [2.45, 2.75) is 19.4 Å². The number of nitrogens with one attached hydrogen (secondary N) is 3. The fourth-order valence-electron chi connectivity index (χ4n) is 3.41. The highest BCUT2D eigenvalue weighted by Gasteiger charge is 2.54. The number of imide groups is 1. The third-order valence-corrected chi connectivity index (χ3v) is 5.28. The zero-order valence-corrected chi connectivity index (χ0v) is 17.1. The normalized spacial score (nSPS) is 18.2. The molecule has 2 aromatic carbocycles. The maximum Gasteiger partial charge on any atom is 0.326 e. The molecule has 1 aliphatic heterocycles. The average molecular weight is 408 g/mol. The number of amides is 5. The van der Waals surface area contributed by atoms with E-state index in [1.54, 1.807) is 24.3 Å². The quantitative estimate of drug-likeness (QED) is 0.619. The lowest BCUT2D eigenvalue weighted by Crippen LogP contribution is -2.46. The Morgan fingerprint density at radius 1 is 0.967 bits per heavy atom. The van der Waals surface area contributed by atoms with Crippen molar-refractivity contribution in [1.29, 1.82) is 0 Å². The molecule has 2 aromatic rings. The maximum absolute atomic E-state index is 13.5. The Balaban J connectivity index is 1.97. The number of carbonyl (C=O) groups is 4. The van der Waals surface area contributed by atoms with Crippen LogP contribution in [0.5, 0.6) is 0 Å². The van der Waals surface area contributed by atoms with Gasteiger partial charge in [-0.05, 0) is 36.1 Å². The standard InChI is InChI=1S/C22H24N4O4/c1-14-9-10-17(11-15(14)2)22(16-7-5-4-6-8-16)20(29)26(21(30)25-22)13-19(28)24-12-18(27)23-3/h4-11H,12-13H2,1-3H3,(H,23,27)(H,24,28)(H,25,30)/t22-/m0/s1. The molecule has 0 saturated carbocycles. The Kier molecular flexibility index (Phi) is 5.86. The summed E-state index contributed by atoms with van der Waals surface area (Å²) in [5.41, 5.74) is 1.82. The van der Waals surface area contributed by atoms with Gasteiger partial charge in [0.25, 0.3) is 5.91 Å². The first-order valence-corrected chi connectivity index (χ1v) is 9.54. The van der Waals surface area contributed by atoms with Crippen molar-refractivity contribution in [2.75, 3.05) is 20.1 Å². The predicted octanol–water partition coefficient (Wildman–Crippen LogP) is 0.961. The molecule has 1 saturated heterocycles. The number of likely N-dealkylation sites (N-methyl/N-ethyl adjacent to an activating group) is 1. The number of aryl methyl sites for hydroxylation is 2. The van der Waals surface area contributed by atoms with Gasteiger partial charge in [0.05, 0.1) is 6.54 Å². The van der Waals surface area contributed by atoms with Gasteiger partial charge >= 0.3 is 6.03 Å². The Morgan fingerprint density at radius 2 is 1.67 bits per heavy atom. The van der Waals surface area contributed by atoms with Gasteiger partial charge in [-0.15, -0.1) is 0 Å². The lowest BCUT2D eigenvalue weighted by atomic mass is 9.81. The molecule has 0 aliphatic carbocycles. The third kappa shape index (κ3) is 3.76. The van der Waals surface area contributed by atoms with Gasteiger partial charge < -0.3 is 16.0 Å². The summed E-state index contributed by atoms with van der Waals surface area (Å²) < 4.78 is 0. The Morgan fingerprint density at radius 3 is 2.30 bits per heavy atom. The molecule has 1 aliphatic rings. The number of rotatable bonds is 6. The molecule has 5 amide bonds. The maximum atomic E-state index is 13.5. The predicted molar refractivity (Wildman–Crippen MR) is 110 cm³/mol. The second-order valence-electron chi connectivity index (χ2n) is 7.19. The van der Waals surface area contributed by atoms with E-state index >= 15 is 0 Å². The number of carbonyl (C=O) groups excluding carboxylic acids is 4. The molecule has 8 heteroatoms. The van der Waals surface area contributed by atoms with E-state index in [2.05, 4.69) is 16.0 Å². The van der Waals surface area contributed by atoms with Crippen LogP contribution < -0.4 is 16.0 Å². The van der Waals surface area contributed by atoms with Gasteiger partial charge in [0.15, 0.2) is 5.54 Å². The lowest BCUT2D eigenvalue weighted by Gasteiger charge is -2.28. The van der Waals surface area contributed by atoms with E-state index in [9.17, 15) is 19.2 Å². The Hall–Kier alpha value is -3.68. The molecule has 0 radical (unpaired) electrons. The smallest absolute Gasteiger partial charge is 0.326 e. The largest absolute Gasteiger partial charge is 0.358 e. The van der Waals surface area contributed by atoms with Crippen molar-refractivity contribution in [2.24, 2.45) is 0 Å². The summed E-state index contributed by atoms with van der Waals surface area (Å²) in [5.74, 6) is -1.53. The van der Waals surface area contributed by atoms with E-state index in [0.29, 0.717) is 11.1 Å². The summed E-state index contributed by atoms with van der Waals surface area (Å²) in [6.07, 6.45) is 0. The number of benzene rings is 2. The van der Waals surface area contributed by atoms with E-state index in [1.165, 1.54) is 7.05 Å². The minimum absolute atomic E-state index is 0.236. The van der Waals surface area contributed by atoms with Crippen LogP contribution in [0.1, 0.15) is 22.3 Å². The third-order valence-electron chi connectivity index (χ3n) is 5.28. The highest BCUT2D eigenvalue weighted by molar-refractivity contribution is 6.11. The SMILES string of the molecule is CNC(=O)CNC(=O)CN1C(=O)N[C@@](c2ccccc2)(c2ccc(C)c(C)c2)C1=O. The zero-order chi connectivity index (χ0) is 21.9. The molecule has 0 spiro atoms. The second-order valence-corrected chi connectivity index (χ2v) is 7.19. The minimum atomic E-state index is -1.43. The van der Waals surface area contributed by atoms with Crippen LogP contribution in [0.3, 0.4) is 0 Å². The molecular weight excluding hydrogens is 384 g/mol. The van der Waals surface area contributed by atoms with Crippen LogP contribution in [-0.2, 0) is 19.9 Å². The van der Waals surface area contributed by atoms with Crippen molar-refractivity contribution < 1.29 is 19.2 Å². The van der Waals surface area contributed by atoms with E-state index < -0.39 is 29.9 Å². The van der Waals surface area contributed by atoms with Crippen molar-refractivity contribution in [3.63, 3.8) is 0 Å². The molecule has 0 bridgehead atoms. The van der Waals surface area contributed by atoms with E-state index in [0.717, 1.165) is 16.0 Å². The zero-order valence-electron chi connectivity index (χ0n) is 17.1. The Labute approximate surface area is 174 Å². The summed E-state index contributed by atoms with van der Waals surface area (Å²) in [5, 5.41) is 7.59. The van der Waals surface area contributed by atoms with Gasteiger partial charge in [0.1, 0.15) is 6.54 Å². The molecule has 1 heterocycles. The molecule has 8 nitrogen and oxygen atoms in total. The van der Waals surface area contributed by atoms with Crippen molar-refractivity contribution >= 4 is 23.8 Å². The first-order valence-electron chi connectivity index (χ1n) is 9.54. The summed E-state index contributed by atoms with van der Waals surface area (Å²) in [4.78, 5) is 50.7. The summed E-state index contributed by atoms with van der Waals surface area (Å²) in [6.45, 7) is 3.18. The van der Waals surface area contributed by atoms with Crippen LogP contribution in [0.15, 0.2) is 48.5 Å². The second kappa shape index (κ2) is 8.36. The molecule has 3 N–H and O–H groups in total. The molecule has 0 unspecified atom stereocenters. The van der Waals surface area contributed by atoms with Crippen LogP contribution in [0.25, 0.3) is 0 Å². The van der Waals surface area contributed by atoms with Gasteiger partial charge in [-0.25, -0.2) is 4.79 Å². The van der Waals surface area contributed by atoms with Crippen molar-refractivity contribution in [3.8, 4) is 0 Å². The van der Waals surface area contributed by atoms with Crippen molar-refractivity contribution in [3.05, 3.63) is 70.8 Å². The van der Waals surface area contributed by atoms with E-state index in [4.69, 9.17) is 0 Å². The molecule has 1 fully saturated rings. The molecule has 156 valence electrons. The molecule has 0 aromatic heterocycles. The van der Waals surface area contributed by atoms with Gasteiger partial charge in [0, 0.05) is 7.05 Å². The highest BCUT2D eigenvalue weighted by Crippen LogP contribution is 2.36. The highest BCUT2D eigenvalue weighted by atomic mass is 16.2. The van der Waals surface area contributed by atoms with Crippen LogP contribution in [0.2, 0.25) is 0 Å². The van der Waals surface area contributed by atoms with Crippen LogP contribution in [0, 0.1) is 13.8 Å². The fourth-order valence-corrected chi connectivity index (χ4v) is 3.41. The summed E-state index contributed by atoms with van der Waals surface area (Å²) in [7, 11) is 1.45. The first-order chi connectivity index (χ1) is 14.3. The first kappa shape index (κ1) is 21.0.